The van der Waals surface area contributed by atoms with Crippen LogP contribution in [-0.2, 0) is 19.7 Å². The topological polar surface area (TPSA) is 171 Å². The highest BCUT2D eigenvalue weighted by Gasteiger charge is 2.47. The minimum atomic E-state index is -3.30. The lowest BCUT2D eigenvalue weighted by Gasteiger charge is -2.33. The van der Waals surface area contributed by atoms with Crippen LogP contribution < -0.4 is 9.47 Å². The highest BCUT2D eigenvalue weighted by molar-refractivity contribution is 7.91. The van der Waals surface area contributed by atoms with Gasteiger partial charge in [0.2, 0.25) is 0 Å². The van der Waals surface area contributed by atoms with Gasteiger partial charge < -0.3 is 14.6 Å². The van der Waals surface area contributed by atoms with Crippen molar-refractivity contribution in [2.24, 2.45) is 0 Å². The smallest absolute Gasteiger partial charge is 0.175 e. The van der Waals surface area contributed by atoms with Gasteiger partial charge in [-0.3, -0.25) is 4.90 Å². The monoisotopic (exact) mass is 967 g/mol. The highest BCUT2D eigenvalue weighted by atomic mass is 32.2. The Morgan fingerprint density at radius 3 is 1.51 bits per heavy atom. The number of hydrogen-bond acceptors (Lipinski definition) is 12. The minimum Gasteiger partial charge on any atom is -0.487 e. The van der Waals surface area contributed by atoms with Gasteiger partial charge in [-0.1, -0.05) is 62.9 Å². The molecule has 69 heavy (non-hydrogen) atoms. The molecule has 1 aliphatic heterocycles. The molecule has 5 heterocycles. The Kier molecular flexibility index (Phi) is 13.0. The summed E-state index contributed by atoms with van der Waals surface area (Å²) in [5.41, 5.74) is 8.21. The van der Waals surface area contributed by atoms with Gasteiger partial charge >= 0.3 is 0 Å². The van der Waals surface area contributed by atoms with Gasteiger partial charge in [-0.15, -0.1) is 0 Å². The number of ether oxygens (including phenoxy) is 2. The van der Waals surface area contributed by atoms with Gasteiger partial charge in [0.25, 0.3) is 0 Å². The summed E-state index contributed by atoms with van der Waals surface area (Å²) >= 11 is 0. The third kappa shape index (κ3) is 10.6. The number of rotatable bonds is 13. The summed E-state index contributed by atoms with van der Waals surface area (Å²) in [7, 11) is -6.59. The average Bonchev–Trinajstić information content (AvgIpc) is 4.18. The third-order valence-corrected chi connectivity index (χ3v) is 15.4. The molecule has 358 valence electrons. The summed E-state index contributed by atoms with van der Waals surface area (Å²) in [6.07, 6.45) is 20.4. The van der Waals surface area contributed by atoms with E-state index in [0.29, 0.717) is 11.3 Å². The number of piperidine rings is 1. The predicted molar refractivity (Wildman–Crippen MR) is 268 cm³/mol. The Hall–Kier alpha value is -6.46. The van der Waals surface area contributed by atoms with Crippen LogP contribution in [0.25, 0.3) is 55.8 Å². The van der Waals surface area contributed by atoms with E-state index in [0.717, 1.165) is 121 Å². The number of nitrogens with zero attached hydrogens (tertiary/aromatic N) is 7. The first-order chi connectivity index (χ1) is 32.6. The Morgan fingerprint density at radius 1 is 0.623 bits per heavy atom. The molecule has 1 atom stereocenters. The molecule has 0 amide bonds. The normalized spacial score (nSPS) is 17.4. The van der Waals surface area contributed by atoms with E-state index in [1.165, 1.54) is 12.5 Å². The first-order valence-corrected chi connectivity index (χ1v) is 26.7. The molecule has 0 radical (unpaired) electrons. The van der Waals surface area contributed by atoms with Crippen LogP contribution in [0.2, 0.25) is 0 Å². The maximum Gasteiger partial charge on any atom is 0.175 e. The molecular weight excluding hydrogens is 911 g/mol. The summed E-state index contributed by atoms with van der Waals surface area (Å²) in [5, 5.41) is 18.9. The van der Waals surface area contributed by atoms with Gasteiger partial charge in [-0.2, -0.15) is 10.2 Å². The van der Waals surface area contributed by atoms with Crippen LogP contribution in [-0.4, -0.2) is 105 Å². The van der Waals surface area contributed by atoms with E-state index in [1.807, 2.05) is 79.3 Å². The summed E-state index contributed by atoms with van der Waals surface area (Å²) in [6.45, 7) is 4.78. The number of aliphatic hydroxyl groups excluding tert-OH is 1. The van der Waals surface area contributed by atoms with E-state index < -0.39 is 19.7 Å². The summed E-state index contributed by atoms with van der Waals surface area (Å²) in [6, 6.07) is 29.8. The largest absolute Gasteiger partial charge is 0.487 e. The zero-order chi connectivity index (χ0) is 47.3. The van der Waals surface area contributed by atoms with Crippen molar-refractivity contribution in [1.82, 2.24) is 34.1 Å². The van der Waals surface area contributed by atoms with Crippen LogP contribution in [0.1, 0.15) is 59.3 Å². The number of fused-ring (bicyclic) bond motifs is 2. The maximum absolute atomic E-state index is 12.0. The lowest BCUT2D eigenvalue weighted by Crippen LogP contribution is -2.44. The molecule has 14 nitrogen and oxygen atoms in total. The molecule has 1 N–H and O–H groups in total. The molecule has 11 rings (SSSR count). The van der Waals surface area contributed by atoms with E-state index in [1.54, 1.807) is 64.0 Å². The van der Waals surface area contributed by atoms with Crippen LogP contribution in [0.5, 0.6) is 11.5 Å². The molecule has 3 fully saturated rings. The van der Waals surface area contributed by atoms with Gasteiger partial charge in [0, 0.05) is 72.6 Å². The fourth-order valence-corrected chi connectivity index (χ4v) is 10.2. The fraction of sp³-hybridized carbons (Fsp3) is 0.321. The zero-order valence-electron chi connectivity index (χ0n) is 38.2. The van der Waals surface area contributed by atoms with Crippen molar-refractivity contribution in [2.45, 2.75) is 86.4 Å². The van der Waals surface area contributed by atoms with Gasteiger partial charge in [0.05, 0.1) is 28.3 Å². The van der Waals surface area contributed by atoms with Gasteiger partial charge in [-0.05, 0) is 122 Å². The predicted octanol–water partition coefficient (Wildman–Crippen LogP) is 9.26. The first-order valence-electron chi connectivity index (χ1n) is 22.9. The van der Waals surface area contributed by atoms with Crippen molar-refractivity contribution in [1.29, 1.82) is 0 Å². The van der Waals surface area contributed by atoms with E-state index in [4.69, 9.17) is 9.47 Å². The second-order valence-corrected chi connectivity index (χ2v) is 22.5. The van der Waals surface area contributed by atoms with Crippen LogP contribution in [0, 0.1) is 0 Å². The van der Waals surface area contributed by atoms with E-state index >= 15 is 0 Å². The molecular formula is C53H57N7O7S2. The number of aromatic nitrogens is 6. The average molecular weight is 968 g/mol. The molecule has 16 heteroatoms. The van der Waals surface area contributed by atoms with E-state index in [-0.39, 0.29) is 34.5 Å². The Bertz CT molecular complexity index is 3360. The molecule has 2 saturated carbocycles. The highest BCUT2D eigenvalue weighted by Crippen LogP contribution is 2.44. The number of sulfone groups is 2. The zero-order valence-corrected chi connectivity index (χ0v) is 39.8. The van der Waals surface area contributed by atoms with Crippen LogP contribution in [0.15, 0.2) is 144 Å². The molecule has 3 aliphatic rings. The molecule has 0 bridgehead atoms. The maximum atomic E-state index is 12.0. The van der Waals surface area contributed by atoms with Gasteiger partial charge in [0.15, 0.2) is 31.0 Å². The summed E-state index contributed by atoms with van der Waals surface area (Å²) in [5.74, 6) is 1.74. The number of aliphatic hydroxyl groups is 1. The number of hydrogen-bond donors (Lipinski definition) is 1. The first kappa shape index (κ1) is 47.6. The van der Waals surface area contributed by atoms with Crippen LogP contribution in [0.4, 0.5) is 0 Å². The van der Waals surface area contributed by atoms with E-state index in [2.05, 4.69) is 32.0 Å². The van der Waals surface area contributed by atoms with E-state index in [9.17, 15) is 21.9 Å². The molecule has 8 aromatic rings. The van der Waals surface area contributed by atoms with Crippen LogP contribution in [0.3, 0.4) is 0 Å². The lowest BCUT2D eigenvalue weighted by molar-refractivity contribution is 0.0389. The number of β-amino-alcohol motifs (C(OH)–C–C–N with tert-alkyl or cyclic N) is 1. The number of benzene rings is 4. The minimum absolute atomic E-state index is 0. The molecule has 2 aliphatic carbocycles. The number of likely N-dealkylation sites (tertiary alicyclic amines) is 1. The van der Waals surface area contributed by atoms with Crippen molar-refractivity contribution in [3.05, 3.63) is 134 Å². The standard InChI is InChI=1S/C28H30N4O4S.C24H23N3O3S.CH4/c1-37(34,35)25-6-2-4-21(14-25)26-16-30-32-17-22(15-29-27(26)32)20-7-9-24(10-8-20)36-28(11-12-28)19-31-13-3-5-23(33)18-31;1-3-24(11-12-24)30-20-9-7-17(8-10-20)19-14-25-23-22(15-26-27(23)16-19)18-5-4-6-21(13-18)31(2,28)29;/h2,4,6-10,14-17,23,33H,3,5,11-13,18-19H2,1H3;4-10,13-16H,3,11-12H2,1-2H3;1H4. The van der Waals surface area contributed by atoms with Crippen molar-refractivity contribution in [3.63, 3.8) is 0 Å². The molecule has 4 aromatic carbocycles. The third-order valence-electron chi connectivity index (χ3n) is 13.2. The van der Waals surface area contributed by atoms with Gasteiger partial charge in [0.1, 0.15) is 22.7 Å². The Morgan fingerprint density at radius 2 is 1.09 bits per heavy atom. The SMILES string of the molecule is C.CCC1(Oc2ccc(-c3cnc4c(-c5cccc(S(C)(=O)=O)c5)cnn4c3)cc2)CC1.CS(=O)(=O)c1cccc(-c2cnn3cc(-c4ccc(OC5(CN6CCCC(O)C6)CC5)cc4)cnc23)c1. The second-order valence-electron chi connectivity index (χ2n) is 18.4. The van der Waals surface area contributed by atoms with Crippen molar-refractivity contribution in [3.8, 4) is 56.0 Å². The summed E-state index contributed by atoms with van der Waals surface area (Å²) < 4.78 is 63.7. The van der Waals surface area contributed by atoms with Crippen molar-refractivity contribution in [2.75, 3.05) is 32.1 Å². The quantitative estimate of drug-likeness (QED) is 0.116. The fourth-order valence-electron chi connectivity index (χ4n) is 8.86. The lowest BCUT2D eigenvalue weighted by atomic mass is 10.1. The molecule has 1 unspecified atom stereocenters. The Labute approximate surface area is 403 Å². The van der Waals surface area contributed by atoms with Gasteiger partial charge in [-0.25, -0.2) is 35.8 Å². The molecule has 0 spiro atoms. The second kappa shape index (κ2) is 18.8. The Balaban J connectivity index is 0.000000172. The molecule has 1 saturated heterocycles. The van der Waals surface area contributed by atoms with Crippen LogP contribution >= 0.6 is 0 Å². The van der Waals surface area contributed by atoms with Crippen molar-refractivity contribution < 1.29 is 31.4 Å². The summed E-state index contributed by atoms with van der Waals surface area (Å²) in [4.78, 5) is 12.1. The molecule has 4 aromatic heterocycles. The van der Waals surface area contributed by atoms with Crippen molar-refractivity contribution >= 4 is 31.0 Å².